The normalized spacial score (nSPS) is 10.4. The topological polar surface area (TPSA) is 12.0 Å². The SMILES string of the molecule is Cc1cc(Br)cc(NCc2ccc(Br)c(Cl)c2)c1. The summed E-state index contributed by atoms with van der Waals surface area (Å²) in [6, 6.07) is 12.2. The van der Waals surface area contributed by atoms with Crippen LogP contribution in [0.4, 0.5) is 5.69 Å². The molecule has 0 amide bonds. The summed E-state index contributed by atoms with van der Waals surface area (Å²) in [5.41, 5.74) is 3.47. The van der Waals surface area contributed by atoms with Crippen LogP contribution in [0.1, 0.15) is 11.1 Å². The van der Waals surface area contributed by atoms with Gasteiger partial charge in [-0.05, 0) is 64.3 Å². The van der Waals surface area contributed by atoms with Crippen LogP contribution < -0.4 is 5.32 Å². The van der Waals surface area contributed by atoms with Crippen molar-refractivity contribution in [1.29, 1.82) is 0 Å². The number of halogens is 3. The molecular formula is C14H12Br2ClN. The van der Waals surface area contributed by atoms with Crippen LogP contribution in [0.2, 0.25) is 5.02 Å². The third-order valence-electron chi connectivity index (χ3n) is 2.52. The van der Waals surface area contributed by atoms with Crippen LogP contribution in [0.3, 0.4) is 0 Å². The molecule has 0 spiro atoms. The molecule has 2 aromatic rings. The van der Waals surface area contributed by atoms with Crippen LogP contribution in [0, 0.1) is 6.92 Å². The molecule has 1 N–H and O–H groups in total. The molecule has 0 saturated heterocycles. The van der Waals surface area contributed by atoms with Crippen molar-refractivity contribution in [3.05, 3.63) is 61.5 Å². The van der Waals surface area contributed by atoms with Crippen molar-refractivity contribution in [1.82, 2.24) is 0 Å². The Morgan fingerprint density at radius 2 is 1.89 bits per heavy atom. The number of aryl methyl sites for hydroxylation is 1. The predicted molar refractivity (Wildman–Crippen MR) is 85.4 cm³/mol. The predicted octanol–water partition coefficient (Wildman–Crippen LogP) is 5.79. The molecule has 0 aliphatic carbocycles. The van der Waals surface area contributed by atoms with Gasteiger partial charge in [-0.3, -0.25) is 0 Å². The standard InChI is InChI=1S/C14H12Br2ClN/c1-9-4-11(15)7-12(5-9)18-8-10-2-3-13(16)14(17)6-10/h2-7,18H,8H2,1H3. The third-order valence-corrected chi connectivity index (χ3v) is 4.21. The molecule has 0 atom stereocenters. The van der Waals surface area contributed by atoms with Crippen LogP contribution in [-0.2, 0) is 6.54 Å². The van der Waals surface area contributed by atoms with Gasteiger partial charge < -0.3 is 5.32 Å². The van der Waals surface area contributed by atoms with E-state index in [9.17, 15) is 0 Å². The van der Waals surface area contributed by atoms with Crippen molar-refractivity contribution in [3.8, 4) is 0 Å². The molecular weight excluding hydrogens is 377 g/mol. The lowest BCUT2D eigenvalue weighted by molar-refractivity contribution is 1.14. The molecule has 0 unspecified atom stereocenters. The fourth-order valence-corrected chi connectivity index (χ4v) is 2.75. The molecule has 0 aliphatic heterocycles. The Balaban J connectivity index is 2.08. The molecule has 2 aromatic carbocycles. The Hall–Kier alpha value is -0.510. The highest BCUT2D eigenvalue weighted by molar-refractivity contribution is 9.10. The van der Waals surface area contributed by atoms with Crippen molar-refractivity contribution in [2.45, 2.75) is 13.5 Å². The zero-order valence-corrected chi connectivity index (χ0v) is 13.7. The lowest BCUT2D eigenvalue weighted by atomic mass is 10.2. The number of benzene rings is 2. The molecule has 94 valence electrons. The molecule has 0 bridgehead atoms. The van der Waals surface area contributed by atoms with E-state index in [1.165, 1.54) is 5.56 Å². The first-order valence-electron chi connectivity index (χ1n) is 5.49. The fourth-order valence-electron chi connectivity index (χ4n) is 1.69. The molecule has 18 heavy (non-hydrogen) atoms. The van der Waals surface area contributed by atoms with Gasteiger partial charge in [-0.2, -0.15) is 0 Å². The van der Waals surface area contributed by atoms with E-state index in [0.717, 1.165) is 31.8 Å². The van der Waals surface area contributed by atoms with Gasteiger partial charge in [0.2, 0.25) is 0 Å². The first-order valence-corrected chi connectivity index (χ1v) is 7.46. The van der Waals surface area contributed by atoms with E-state index in [1.54, 1.807) is 0 Å². The molecule has 0 heterocycles. The van der Waals surface area contributed by atoms with Gasteiger partial charge in [0, 0.05) is 21.2 Å². The maximum atomic E-state index is 6.06. The van der Waals surface area contributed by atoms with Gasteiger partial charge >= 0.3 is 0 Å². The van der Waals surface area contributed by atoms with Gasteiger partial charge in [-0.15, -0.1) is 0 Å². The van der Waals surface area contributed by atoms with Crippen LogP contribution in [0.15, 0.2) is 45.3 Å². The van der Waals surface area contributed by atoms with E-state index in [1.807, 2.05) is 18.2 Å². The maximum absolute atomic E-state index is 6.06. The summed E-state index contributed by atoms with van der Waals surface area (Å²) < 4.78 is 2.00. The Morgan fingerprint density at radius 1 is 1.11 bits per heavy atom. The van der Waals surface area contributed by atoms with Gasteiger partial charge in [-0.1, -0.05) is 33.6 Å². The summed E-state index contributed by atoms with van der Waals surface area (Å²) >= 11 is 12.9. The highest BCUT2D eigenvalue weighted by Gasteiger charge is 2.00. The number of hydrogen-bond donors (Lipinski definition) is 1. The average Bonchev–Trinajstić information content (AvgIpc) is 2.29. The van der Waals surface area contributed by atoms with E-state index < -0.39 is 0 Å². The largest absolute Gasteiger partial charge is 0.381 e. The van der Waals surface area contributed by atoms with Crippen LogP contribution in [0.5, 0.6) is 0 Å². The molecule has 0 radical (unpaired) electrons. The number of anilines is 1. The smallest absolute Gasteiger partial charge is 0.0551 e. The lowest BCUT2D eigenvalue weighted by Crippen LogP contribution is -1.99. The second-order valence-corrected chi connectivity index (χ2v) is 6.30. The molecule has 2 rings (SSSR count). The third kappa shape index (κ3) is 3.74. The van der Waals surface area contributed by atoms with Gasteiger partial charge in [0.05, 0.1) is 5.02 Å². The van der Waals surface area contributed by atoms with Crippen molar-refractivity contribution >= 4 is 49.1 Å². The minimum Gasteiger partial charge on any atom is -0.381 e. The highest BCUT2D eigenvalue weighted by Crippen LogP contribution is 2.24. The number of nitrogens with one attached hydrogen (secondary N) is 1. The fraction of sp³-hybridized carbons (Fsp3) is 0.143. The minimum absolute atomic E-state index is 0.736. The Kier molecular flexibility index (Phi) is 4.71. The van der Waals surface area contributed by atoms with Crippen LogP contribution in [-0.4, -0.2) is 0 Å². The molecule has 0 saturated carbocycles. The van der Waals surface area contributed by atoms with Crippen molar-refractivity contribution in [2.24, 2.45) is 0 Å². The van der Waals surface area contributed by atoms with Crippen molar-refractivity contribution in [2.75, 3.05) is 5.32 Å². The van der Waals surface area contributed by atoms with Gasteiger partial charge in [-0.25, -0.2) is 0 Å². The van der Waals surface area contributed by atoms with E-state index in [-0.39, 0.29) is 0 Å². The second-order valence-electron chi connectivity index (χ2n) is 4.12. The molecule has 0 aliphatic rings. The molecule has 0 aromatic heterocycles. The van der Waals surface area contributed by atoms with Crippen LogP contribution in [0.25, 0.3) is 0 Å². The Morgan fingerprint density at radius 3 is 2.56 bits per heavy atom. The van der Waals surface area contributed by atoms with E-state index in [0.29, 0.717) is 0 Å². The Labute approximate surface area is 129 Å². The second kappa shape index (κ2) is 6.09. The van der Waals surface area contributed by atoms with Gasteiger partial charge in [0.15, 0.2) is 0 Å². The summed E-state index contributed by atoms with van der Waals surface area (Å²) in [6.07, 6.45) is 0. The number of rotatable bonds is 3. The molecule has 0 fully saturated rings. The average molecular weight is 390 g/mol. The first kappa shape index (κ1) is 13.9. The van der Waals surface area contributed by atoms with Crippen molar-refractivity contribution in [3.63, 3.8) is 0 Å². The van der Waals surface area contributed by atoms with Gasteiger partial charge in [0.1, 0.15) is 0 Å². The quantitative estimate of drug-likeness (QED) is 0.701. The maximum Gasteiger partial charge on any atom is 0.0551 e. The first-order chi connectivity index (χ1) is 8.54. The number of hydrogen-bond acceptors (Lipinski definition) is 1. The summed E-state index contributed by atoms with van der Waals surface area (Å²) in [6.45, 7) is 2.83. The lowest BCUT2D eigenvalue weighted by Gasteiger charge is -2.09. The van der Waals surface area contributed by atoms with E-state index in [2.05, 4.69) is 62.3 Å². The van der Waals surface area contributed by atoms with E-state index in [4.69, 9.17) is 11.6 Å². The molecule has 1 nitrogen and oxygen atoms in total. The zero-order valence-electron chi connectivity index (χ0n) is 9.81. The summed E-state index contributed by atoms with van der Waals surface area (Å²) in [5, 5.41) is 4.12. The minimum atomic E-state index is 0.736. The summed E-state index contributed by atoms with van der Waals surface area (Å²) in [5.74, 6) is 0. The van der Waals surface area contributed by atoms with Crippen molar-refractivity contribution < 1.29 is 0 Å². The van der Waals surface area contributed by atoms with E-state index >= 15 is 0 Å². The van der Waals surface area contributed by atoms with Gasteiger partial charge in [0.25, 0.3) is 0 Å². The van der Waals surface area contributed by atoms with Crippen LogP contribution >= 0.6 is 43.5 Å². The summed E-state index contributed by atoms with van der Waals surface area (Å²) in [4.78, 5) is 0. The Bertz CT molecular complexity index is 549. The highest BCUT2D eigenvalue weighted by atomic mass is 79.9. The summed E-state index contributed by atoms with van der Waals surface area (Å²) in [7, 11) is 0. The monoisotopic (exact) mass is 387 g/mol. The molecule has 4 heteroatoms. The zero-order chi connectivity index (χ0) is 13.1.